The molecule has 1 heteroatoms. The Morgan fingerprint density at radius 1 is 1.60 bits per heavy atom. The molecule has 1 nitrogen and oxygen atoms in total. The van der Waals surface area contributed by atoms with Crippen LogP contribution >= 0.6 is 0 Å². The van der Waals surface area contributed by atoms with Gasteiger partial charge in [0, 0.05) is 18.7 Å². The molecule has 0 amide bonds. The van der Waals surface area contributed by atoms with Crippen LogP contribution in [0.4, 0.5) is 0 Å². The van der Waals surface area contributed by atoms with Crippen LogP contribution in [0.3, 0.4) is 0 Å². The predicted octanol–water partition coefficient (Wildman–Crippen LogP) is 2.27. The van der Waals surface area contributed by atoms with E-state index in [-0.39, 0.29) is 0 Å². The maximum atomic E-state index is 5.10. The minimum absolute atomic E-state index is 0.818. The molecule has 0 heterocycles. The minimum atomic E-state index is 0.818. The molecule has 0 bridgehead atoms. The molecule has 0 aromatic heterocycles. The molecule has 0 saturated carbocycles. The lowest BCUT2D eigenvalue weighted by atomic mass is 10.2. The summed E-state index contributed by atoms with van der Waals surface area (Å²) in [5, 5.41) is 0. The average Bonchev–Trinajstić information content (AvgIpc) is 1.97. The lowest BCUT2D eigenvalue weighted by Gasteiger charge is -1.94. The number of hydrogen-bond donors (Lipinski definition) is 0. The van der Waals surface area contributed by atoms with E-state index in [1.54, 1.807) is 0 Å². The summed E-state index contributed by atoms with van der Waals surface area (Å²) < 4.78 is 0. The first-order valence-electron chi connectivity index (χ1n) is 3.74. The van der Waals surface area contributed by atoms with Crippen LogP contribution in [0.15, 0.2) is 4.99 Å². The van der Waals surface area contributed by atoms with Crippen molar-refractivity contribution in [1.82, 2.24) is 0 Å². The summed E-state index contributed by atoms with van der Waals surface area (Å²) in [6.07, 6.45) is 7.99. The molecule has 0 aliphatic rings. The molecule has 0 aromatic rings. The highest BCUT2D eigenvalue weighted by atomic mass is 14.7. The molecular weight excluding hydrogens is 122 g/mol. The minimum Gasteiger partial charge on any atom is -0.294 e. The number of terminal acetylenes is 1. The molecule has 0 aromatic carbocycles. The van der Waals surface area contributed by atoms with Crippen molar-refractivity contribution in [3.05, 3.63) is 0 Å². The van der Waals surface area contributed by atoms with Gasteiger partial charge in [0.25, 0.3) is 0 Å². The maximum absolute atomic E-state index is 5.10. The Balaban J connectivity index is 3.41. The zero-order chi connectivity index (χ0) is 7.82. The third kappa shape index (κ3) is 5.37. The van der Waals surface area contributed by atoms with Gasteiger partial charge in [-0.3, -0.25) is 4.99 Å². The third-order valence-electron chi connectivity index (χ3n) is 1.24. The van der Waals surface area contributed by atoms with Gasteiger partial charge in [0.05, 0.1) is 0 Å². The van der Waals surface area contributed by atoms with Gasteiger partial charge < -0.3 is 0 Å². The van der Waals surface area contributed by atoms with E-state index in [0.29, 0.717) is 0 Å². The normalized spacial score (nSPS) is 11.1. The van der Waals surface area contributed by atoms with Crippen LogP contribution in [0.25, 0.3) is 0 Å². The van der Waals surface area contributed by atoms with Crippen molar-refractivity contribution in [2.75, 3.05) is 6.54 Å². The zero-order valence-corrected chi connectivity index (χ0v) is 6.85. The Kier molecular flexibility index (Phi) is 5.86. The van der Waals surface area contributed by atoms with Crippen LogP contribution in [0, 0.1) is 12.3 Å². The van der Waals surface area contributed by atoms with E-state index in [0.717, 1.165) is 25.8 Å². The number of rotatable bonds is 4. The molecule has 0 unspecified atom stereocenters. The summed E-state index contributed by atoms with van der Waals surface area (Å²) in [5.74, 6) is 2.59. The molecule has 0 saturated heterocycles. The van der Waals surface area contributed by atoms with Gasteiger partial charge in [-0.2, -0.15) is 0 Å². The van der Waals surface area contributed by atoms with Crippen molar-refractivity contribution in [1.29, 1.82) is 0 Å². The van der Waals surface area contributed by atoms with Gasteiger partial charge in [0.15, 0.2) is 0 Å². The Morgan fingerprint density at radius 3 is 2.80 bits per heavy atom. The fourth-order valence-electron chi connectivity index (χ4n) is 0.635. The average molecular weight is 137 g/mol. The van der Waals surface area contributed by atoms with E-state index in [9.17, 15) is 0 Å². The van der Waals surface area contributed by atoms with Gasteiger partial charge in [0.1, 0.15) is 0 Å². The van der Waals surface area contributed by atoms with Crippen LogP contribution in [-0.2, 0) is 0 Å². The standard InChI is InChI=1S/C9H15N/c1-4-6-7-9(3)10-8-5-2/h1H,5-8H2,2-3H3. The molecule has 0 aliphatic heterocycles. The van der Waals surface area contributed by atoms with Crippen molar-refractivity contribution in [3.63, 3.8) is 0 Å². The highest BCUT2D eigenvalue weighted by Gasteiger charge is 1.87. The summed E-state index contributed by atoms with van der Waals surface area (Å²) in [5.41, 5.74) is 1.18. The Morgan fingerprint density at radius 2 is 2.30 bits per heavy atom. The summed E-state index contributed by atoms with van der Waals surface area (Å²) in [7, 11) is 0. The summed E-state index contributed by atoms with van der Waals surface area (Å²) >= 11 is 0. The first kappa shape index (κ1) is 9.23. The van der Waals surface area contributed by atoms with Crippen molar-refractivity contribution in [2.24, 2.45) is 4.99 Å². The second-order valence-electron chi connectivity index (χ2n) is 2.32. The van der Waals surface area contributed by atoms with Crippen molar-refractivity contribution < 1.29 is 0 Å². The quantitative estimate of drug-likeness (QED) is 0.416. The smallest absolute Gasteiger partial charge is 0.0385 e. The fraction of sp³-hybridized carbons (Fsp3) is 0.667. The van der Waals surface area contributed by atoms with Gasteiger partial charge in [-0.25, -0.2) is 0 Å². The second kappa shape index (κ2) is 6.35. The Hall–Kier alpha value is -0.770. The van der Waals surface area contributed by atoms with Crippen LogP contribution in [0.5, 0.6) is 0 Å². The van der Waals surface area contributed by atoms with Crippen molar-refractivity contribution >= 4 is 5.71 Å². The molecular formula is C9H15N. The Bertz CT molecular complexity index is 139. The molecule has 0 rings (SSSR count). The van der Waals surface area contributed by atoms with E-state index in [1.165, 1.54) is 5.71 Å². The molecule has 0 fully saturated rings. The largest absolute Gasteiger partial charge is 0.294 e. The molecule has 56 valence electrons. The lowest BCUT2D eigenvalue weighted by molar-refractivity contribution is 0.920. The van der Waals surface area contributed by atoms with Crippen LogP contribution in [0.1, 0.15) is 33.1 Å². The fourth-order valence-corrected chi connectivity index (χ4v) is 0.635. The van der Waals surface area contributed by atoms with Crippen LogP contribution < -0.4 is 0 Å². The van der Waals surface area contributed by atoms with E-state index in [1.807, 2.05) is 6.92 Å². The van der Waals surface area contributed by atoms with E-state index >= 15 is 0 Å². The molecule has 0 N–H and O–H groups in total. The topological polar surface area (TPSA) is 12.4 Å². The molecule has 0 spiro atoms. The third-order valence-corrected chi connectivity index (χ3v) is 1.24. The van der Waals surface area contributed by atoms with E-state index in [4.69, 9.17) is 6.42 Å². The SMILES string of the molecule is C#CCCC(C)=NCCC. The van der Waals surface area contributed by atoms with Crippen LogP contribution in [-0.4, -0.2) is 12.3 Å². The van der Waals surface area contributed by atoms with Gasteiger partial charge in [0.2, 0.25) is 0 Å². The lowest BCUT2D eigenvalue weighted by Crippen LogP contribution is -1.91. The van der Waals surface area contributed by atoms with E-state index < -0.39 is 0 Å². The van der Waals surface area contributed by atoms with Gasteiger partial charge >= 0.3 is 0 Å². The number of hydrogen-bond acceptors (Lipinski definition) is 1. The van der Waals surface area contributed by atoms with E-state index in [2.05, 4.69) is 17.8 Å². The van der Waals surface area contributed by atoms with Gasteiger partial charge in [-0.1, -0.05) is 6.92 Å². The van der Waals surface area contributed by atoms with Gasteiger partial charge in [-0.05, 0) is 19.8 Å². The molecule has 0 radical (unpaired) electrons. The first-order chi connectivity index (χ1) is 4.81. The summed E-state index contributed by atoms with van der Waals surface area (Å²) in [6.45, 7) is 5.10. The maximum Gasteiger partial charge on any atom is 0.0385 e. The van der Waals surface area contributed by atoms with Crippen LogP contribution in [0.2, 0.25) is 0 Å². The predicted molar refractivity (Wildman–Crippen MR) is 46.3 cm³/mol. The Labute approximate surface area is 63.6 Å². The first-order valence-corrected chi connectivity index (χ1v) is 3.74. The highest BCUT2D eigenvalue weighted by Crippen LogP contribution is 1.91. The van der Waals surface area contributed by atoms with Crippen molar-refractivity contribution in [2.45, 2.75) is 33.1 Å². The van der Waals surface area contributed by atoms with Gasteiger partial charge in [-0.15, -0.1) is 12.3 Å². The molecule has 0 aliphatic carbocycles. The highest BCUT2D eigenvalue weighted by molar-refractivity contribution is 5.82. The number of nitrogens with zero attached hydrogens (tertiary/aromatic N) is 1. The molecule has 10 heavy (non-hydrogen) atoms. The second-order valence-corrected chi connectivity index (χ2v) is 2.32. The number of aliphatic imine (C=N–C) groups is 1. The monoisotopic (exact) mass is 137 g/mol. The summed E-state index contributed by atoms with van der Waals surface area (Å²) in [4.78, 5) is 4.30. The molecule has 0 atom stereocenters. The summed E-state index contributed by atoms with van der Waals surface area (Å²) in [6, 6.07) is 0. The zero-order valence-electron chi connectivity index (χ0n) is 6.85. The van der Waals surface area contributed by atoms with Crippen molar-refractivity contribution in [3.8, 4) is 12.3 Å².